The molecule has 4 rings (SSSR count). The van der Waals surface area contributed by atoms with Crippen LogP contribution in [0.5, 0.6) is 0 Å². The van der Waals surface area contributed by atoms with Crippen molar-refractivity contribution in [3.63, 3.8) is 0 Å². The predicted molar refractivity (Wildman–Crippen MR) is 107 cm³/mol. The van der Waals surface area contributed by atoms with Crippen LogP contribution >= 0.6 is 11.3 Å². The van der Waals surface area contributed by atoms with Gasteiger partial charge >= 0.3 is 0 Å². The van der Waals surface area contributed by atoms with E-state index in [1.807, 2.05) is 25.1 Å². The van der Waals surface area contributed by atoms with Crippen molar-refractivity contribution in [2.24, 2.45) is 0 Å². The molecule has 0 aliphatic rings. The van der Waals surface area contributed by atoms with Gasteiger partial charge in [0.2, 0.25) is 0 Å². The maximum atomic E-state index is 12.6. The summed E-state index contributed by atoms with van der Waals surface area (Å²) in [6.45, 7) is 1.86. The first-order valence-electron chi connectivity index (χ1n) is 7.98. The van der Waals surface area contributed by atoms with E-state index >= 15 is 0 Å². The summed E-state index contributed by atoms with van der Waals surface area (Å²) in [5.74, 6) is 0.369. The van der Waals surface area contributed by atoms with Gasteiger partial charge in [-0.05, 0) is 37.3 Å². The highest BCUT2D eigenvalue weighted by molar-refractivity contribution is 7.89. The first-order valence-corrected chi connectivity index (χ1v) is 10.3. The quantitative estimate of drug-likeness (QED) is 0.382. The number of rotatable bonds is 5. The number of aromatic nitrogens is 3. The molecule has 0 aliphatic heterocycles. The van der Waals surface area contributed by atoms with Gasteiger partial charge < -0.3 is 11.2 Å². The molecule has 0 saturated heterocycles. The summed E-state index contributed by atoms with van der Waals surface area (Å²) in [6, 6.07) is 13.8. The van der Waals surface area contributed by atoms with E-state index in [2.05, 4.69) is 25.4 Å². The average Bonchev–Trinajstić information content (AvgIpc) is 3.22. The van der Waals surface area contributed by atoms with Crippen LogP contribution in [-0.4, -0.2) is 23.6 Å². The summed E-state index contributed by atoms with van der Waals surface area (Å²) in [4.78, 5) is 7.07. The number of para-hydroxylation sites is 1. The Bertz CT molecular complexity index is 1200. The Labute approximate surface area is 159 Å². The van der Waals surface area contributed by atoms with E-state index < -0.39 is 10.0 Å². The molecule has 0 spiro atoms. The number of nitrogens with zero attached hydrogens (tertiary/aromatic N) is 2. The Morgan fingerprint density at radius 2 is 1.93 bits per heavy atom. The Balaban J connectivity index is 1.65. The zero-order valence-electron chi connectivity index (χ0n) is 14.2. The van der Waals surface area contributed by atoms with Crippen LogP contribution in [0, 0.1) is 6.92 Å². The number of sulfonamides is 1. The highest BCUT2D eigenvalue weighted by atomic mass is 32.2. The molecule has 138 valence electrons. The molecule has 2 aromatic heterocycles. The Kier molecular flexibility index (Phi) is 4.30. The minimum Gasteiger partial charge on any atom is -0.382 e. The highest BCUT2D eigenvalue weighted by Crippen LogP contribution is 2.35. The second-order valence-corrected chi connectivity index (χ2v) is 8.57. The number of nitrogens with one attached hydrogen (secondary N) is 3. The number of benzene rings is 2. The standard InChI is InChI=1S/C17H16N6O2S2/c1-10-15(16(18)22-20-10)17-19-13-8-7-12(9-14(13)26-17)27(24,25)23-21-11-5-3-2-4-6-11/h2-9,21,23H,1H3,(H3,18,20,22). The van der Waals surface area contributed by atoms with Crippen LogP contribution in [0.15, 0.2) is 53.4 Å². The lowest BCUT2D eigenvalue weighted by Crippen LogP contribution is -2.29. The number of aromatic amines is 1. The monoisotopic (exact) mass is 400 g/mol. The molecule has 0 atom stereocenters. The molecule has 0 unspecified atom stereocenters. The van der Waals surface area contributed by atoms with Gasteiger partial charge in [0, 0.05) is 11.4 Å². The fourth-order valence-electron chi connectivity index (χ4n) is 2.60. The molecule has 2 heterocycles. The molecule has 5 N–H and O–H groups in total. The molecule has 0 fully saturated rings. The second kappa shape index (κ2) is 6.65. The van der Waals surface area contributed by atoms with Gasteiger partial charge in [-0.25, -0.2) is 13.4 Å². The fourth-order valence-corrected chi connectivity index (χ4v) is 4.68. The van der Waals surface area contributed by atoms with Gasteiger partial charge in [-0.3, -0.25) is 5.10 Å². The lowest BCUT2D eigenvalue weighted by Gasteiger charge is -2.09. The number of hydrogen-bond donors (Lipinski definition) is 4. The SMILES string of the molecule is Cc1[nH]nc(N)c1-c1nc2ccc(S(=O)(=O)NNc3ccccc3)cc2s1. The van der Waals surface area contributed by atoms with Crippen LogP contribution in [0.1, 0.15) is 5.69 Å². The van der Waals surface area contributed by atoms with Gasteiger partial charge in [0.25, 0.3) is 10.0 Å². The molecule has 0 saturated carbocycles. The van der Waals surface area contributed by atoms with Crippen LogP contribution in [0.25, 0.3) is 20.8 Å². The maximum absolute atomic E-state index is 12.6. The van der Waals surface area contributed by atoms with Gasteiger partial charge in [0.05, 0.1) is 20.7 Å². The van der Waals surface area contributed by atoms with Crippen molar-refractivity contribution in [2.75, 3.05) is 11.2 Å². The minimum absolute atomic E-state index is 0.144. The van der Waals surface area contributed by atoms with E-state index in [0.29, 0.717) is 22.0 Å². The van der Waals surface area contributed by atoms with E-state index in [4.69, 9.17) is 5.73 Å². The molecular formula is C17H16N6O2S2. The Hall–Kier alpha value is -2.95. The van der Waals surface area contributed by atoms with E-state index in [1.54, 1.807) is 24.3 Å². The van der Waals surface area contributed by atoms with Gasteiger partial charge in [0.1, 0.15) is 5.01 Å². The summed E-state index contributed by atoms with van der Waals surface area (Å²) < 4.78 is 25.9. The molecule has 0 amide bonds. The van der Waals surface area contributed by atoms with Gasteiger partial charge in [-0.2, -0.15) is 5.10 Å². The highest BCUT2D eigenvalue weighted by Gasteiger charge is 2.18. The number of anilines is 2. The first kappa shape index (κ1) is 17.5. The number of thiazole rings is 1. The van der Waals surface area contributed by atoms with Crippen molar-refractivity contribution in [3.8, 4) is 10.6 Å². The predicted octanol–water partition coefficient (Wildman–Crippen LogP) is 2.88. The average molecular weight is 400 g/mol. The van der Waals surface area contributed by atoms with Gasteiger partial charge in [0.15, 0.2) is 5.82 Å². The number of hydrazine groups is 1. The molecule has 0 radical (unpaired) electrons. The first-order chi connectivity index (χ1) is 12.9. The van der Waals surface area contributed by atoms with Crippen LogP contribution in [0.3, 0.4) is 0 Å². The zero-order chi connectivity index (χ0) is 19.0. The molecular weight excluding hydrogens is 384 g/mol. The van der Waals surface area contributed by atoms with Crippen LogP contribution in [0.2, 0.25) is 0 Å². The van der Waals surface area contributed by atoms with Gasteiger partial charge in [-0.1, -0.05) is 18.2 Å². The second-order valence-electron chi connectivity index (χ2n) is 5.85. The number of H-pyrrole nitrogens is 1. The molecule has 0 aliphatic carbocycles. The molecule has 2 aromatic carbocycles. The number of aryl methyl sites for hydroxylation is 1. The summed E-state index contributed by atoms with van der Waals surface area (Å²) in [7, 11) is -3.74. The third-order valence-electron chi connectivity index (χ3n) is 3.96. The molecule has 0 bridgehead atoms. The lowest BCUT2D eigenvalue weighted by atomic mass is 10.2. The number of hydrogen-bond acceptors (Lipinski definition) is 7. The molecule has 8 nitrogen and oxygen atoms in total. The van der Waals surface area contributed by atoms with Crippen molar-refractivity contribution in [2.45, 2.75) is 11.8 Å². The van der Waals surface area contributed by atoms with Gasteiger partial charge in [-0.15, -0.1) is 16.2 Å². The topological polar surface area (TPSA) is 126 Å². The Morgan fingerprint density at radius 1 is 1.15 bits per heavy atom. The summed E-state index contributed by atoms with van der Waals surface area (Å²) in [6.07, 6.45) is 0. The third kappa shape index (κ3) is 3.37. The van der Waals surface area contributed by atoms with E-state index in [1.165, 1.54) is 17.4 Å². The van der Waals surface area contributed by atoms with Crippen LogP contribution in [0.4, 0.5) is 11.5 Å². The van der Waals surface area contributed by atoms with Crippen molar-refractivity contribution in [1.29, 1.82) is 0 Å². The van der Waals surface area contributed by atoms with Crippen molar-refractivity contribution in [3.05, 3.63) is 54.2 Å². The molecule has 10 heteroatoms. The minimum atomic E-state index is -3.74. The number of fused-ring (bicyclic) bond motifs is 1. The maximum Gasteiger partial charge on any atom is 0.257 e. The number of nitrogen functional groups attached to an aromatic ring is 1. The third-order valence-corrected chi connectivity index (χ3v) is 6.24. The van der Waals surface area contributed by atoms with E-state index in [-0.39, 0.29) is 4.90 Å². The lowest BCUT2D eigenvalue weighted by molar-refractivity contribution is 0.588. The fraction of sp³-hybridized carbons (Fsp3) is 0.0588. The molecule has 4 aromatic rings. The summed E-state index contributed by atoms with van der Waals surface area (Å²) >= 11 is 1.36. The van der Waals surface area contributed by atoms with Crippen molar-refractivity contribution in [1.82, 2.24) is 20.0 Å². The van der Waals surface area contributed by atoms with Crippen LogP contribution < -0.4 is 16.0 Å². The summed E-state index contributed by atoms with van der Waals surface area (Å²) in [5, 5.41) is 7.50. The molecule has 27 heavy (non-hydrogen) atoms. The smallest absolute Gasteiger partial charge is 0.257 e. The normalized spacial score (nSPS) is 11.7. The zero-order valence-corrected chi connectivity index (χ0v) is 15.9. The Morgan fingerprint density at radius 3 is 2.63 bits per heavy atom. The summed E-state index contributed by atoms with van der Waals surface area (Å²) in [5.41, 5.74) is 11.5. The van der Waals surface area contributed by atoms with E-state index in [9.17, 15) is 8.42 Å². The van der Waals surface area contributed by atoms with Crippen molar-refractivity contribution >= 4 is 43.1 Å². The number of nitrogens with two attached hydrogens (primary N) is 1. The largest absolute Gasteiger partial charge is 0.382 e. The van der Waals surface area contributed by atoms with Crippen molar-refractivity contribution < 1.29 is 8.42 Å². The van der Waals surface area contributed by atoms with E-state index in [0.717, 1.165) is 16.0 Å². The van der Waals surface area contributed by atoms with Crippen LogP contribution in [-0.2, 0) is 10.0 Å².